The molecule has 3 amide bonds. The minimum Gasteiger partial charge on any atom is -0.495 e. The van der Waals surface area contributed by atoms with Crippen LogP contribution in [0.1, 0.15) is 34.6 Å². The van der Waals surface area contributed by atoms with Gasteiger partial charge in [0.25, 0.3) is 11.8 Å². The molecule has 2 aromatic rings. The molecule has 0 aliphatic carbocycles. The van der Waals surface area contributed by atoms with E-state index < -0.39 is 23.8 Å². The first kappa shape index (κ1) is 21.2. The standard InChI is InChI=1S/C20H21N3O4.ClH/c1-11(2)17(18(24)22-12-8-9-16(27-3)15(21)10-12)23-19(25)13-6-4-5-7-14(13)20(23)26;/h4-11,17H,21H2,1-3H3,(H,22,24);1H. The molecule has 28 heavy (non-hydrogen) atoms. The third-order valence-electron chi connectivity index (χ3n) is 4.50. The monoisotopic (exact) mass is 403 g/mol. The number of halogens is 1. The summed E-state index contributed by atoms with van der Waals surface area (Å²) in [5, 5.41) is 2.74. The van der Waals surface area contributed by atoms with E-state index in [4.69, 9.17) is 10.5 Å². The summed E-state index contributed by atoms with van der Waals surface area (Å²) in [6, 6.07) is 10.5. The van der Waals surface area contributed by atoms with Gasteiger partial charge in [0, 0.05) is 5.69 Å². The maximum absolute atomic E-state index is 12.9. The average Bonchev–Trinajstić information content (AvgIpc) is 2.87. The van der Waals surface area contributed by atoms with Gasteiger partial charge in [0.1, 0.15) is 11.8 Å². The number of hydrogen-bond donors (Lipinski definition) is 2. The molecule has 0 saturated carbocycles. The number of imide groups is 1. The number of anilines is 2. The van der Waals surface area contributed by atoms with Crippen LogP contribution in [0.4, 0.5) is 11.4 Å². The van der Waals surface area contributed by atoms with Crippen molar-refractivity contribution in [1.29, 1.82) is 0 Å². The Hall–Kier alpha value is -3.06. The largest absolute Gasteiger partial charge is 0.495 e. The Morgan fingerprint density at radius 1 is 1.07 bits per heavy atom. The van der Waals surface area contributed by atoms with Gasteiger partial charge in [-0.15, -0.1) is 12.4 Å². The number of hydrogen-bond acceptors (Lipinski definition) is 5. The van der Waals surface area contributed by atoms with Crippen LogP contribution in [0.3, 0.4) is 0 Å². The maximum atomic E-state index is 12.9. The topological polar surface area (TPSA) is 102 Å². The van der Waals surface area contributed by atoms with Crippen LogP contribution >= 0.6 is 12.4 Å². The summed E-state index contributed by atoms with van der Waals surface area (Å²) in [5.41, 5.74) is 7.33. The second-order valence-electron chi connectivity index (χ2n) is 6.66. The Balaban J connectivity index is 0.00000280. The highest BCUT2D eigenvalue weighted by molar-refractivity contribution is 6.23. The van der Waals surface area contributed by atoms with Crippen LogP contribution in [-0.2, 0) is 4.79 Å². The Bertz CT molecular complexity index is 894. The van der Waals surface area contributed by atoms with Crippen molar-refractivity contribution in [3.8, 4) is 5.75 Å². The number of nitrogens with two attached hydrogens (primary N) is 1. The number of fused-ring (bicyclic) bond motifs is 1. The van der Waals surface area contributed by atoms with Gasteiger partial charge < -0.3 is 15.8 Å². The zero-order chi connectivity index (χ0) is 19.7. The van der Waals surface area contributed by atoms with E-state index in [1.165, 1.54) is 7.11 Å². The fourth-order valence-electron chi connectivity index (χ4n) is 3.21. The summed E-state index contributed by atoms with van der Waals surface area (Å²) in [7, 11) is 1.50. The van der Waals surface area contributed by atoms with Crippen molar-refractivity contribution in [2.45, 2.75) is 19.9 Å². The number of amides is 3. The summed E-state index contributed by atoms with van der Waals surface area (Å²) in [6.07, 6.45) is 0. The molecule has 8 heteroatoms. The van der Waals surface area contributed by atoms with Crippen molar-refractivity contribution in [2.24, 2.45) is 5.92 Å². The van der Waals surface area contributed by atoms with Crippen LogP contribution in [0, 0.1) is 5.92 Å². The Labute approximate surface area is 169 Å². The first-order valence-electron chi connectivity index (χ1n) is 8.56. The molecule has 2 aromatic carbocycles. The maximum Gasteiger partial charge on any atom is 0.262 e. The number of nitrogens with one attached hydrogen (secondary N) is 1. The summed E-state index contributed by atoms with van der Waals surface area (Å²) in [5.74, 6) is -1.15. The molecule has 3 N–H and O–H groups in total. The predicted octanol–water partition coefficient (Wildman–Crippen LogP) is 2.96. The van der Waals surface area contributed by atoms with E-state index in [0.717, 1.165) is 4.90 Å². The fraction of sp³-hybridized carbons (Fsp3) is 0.250. The number of nitrogens with zero attached hydrogens (tertiary/aromatic N) is 1. The Morgan fingerprint density at radius 2 is 1.64 bits per heavy atom. The van der Waals surface area contributed by atoms with E-state index >= 15 is 0 Å². The molecule has 1 aliphatic heterocycles. The Morgan fingerprint density at radius 3 is 2.11 bits per heavy atom. The number of methoxy groups -OCH3 is 1. The third kappa shape index (κ3) is 3.66. The molecule has 0 bridgehead atoms. The van der Waals surface area contributed by atoms with E-state index in [1.807, 2.05) is 0 Å². The lowest BCUT2D eigenvalue weighted by molar-refractivity contribution is -0.121. The van der Waals surface area contributed by atoms with E-state index in [9.17, 15) is 14.4 Å². The van der Waals surface area contributed by atoms with Crippen molar-refractivity contribution >= 4 is 41.5 Å². The van der Waals surface area contributed by atoms with E-state index in [0.29, 0.717) is 28.3 Å². The molecule has 7 nitrogen and oxygen atoms in total. The van der Waals surface area contributed by atoms with Gasteiger partial charge >= 0.3 is 0 Å². The Kier molecular flexibility index (Phi) is 6.30. The van der Waals surface area contributed by atoms with Gasteiger partial charge in [0.2, 0.25) is 5.91 Å². The summed E-state index contributed by atoms with van der Waals surface area (Å²) < 4.78 is 5.10. The smallest absolute Gasteiger partial charge is 0.262 e. The number of carbonyl (C=O) groups is 3. The van der Waals surface area contributed by atoms with Gasteiger partial charge in [0.05, 0.1) is 23.9 Å². The number of ether oxygens (including phenoxy) is 1. The first-order valence-corrected chi connectivity index (χ1v) is 8.56. The fourth-order valence-corrected chi connectivity index (χ4v) is 3.21. The van der Waals surface area contributed by atoms with Crippen LogP contribution in [0.25, 0.3) is 0 Å². The van der Waals surface area contributed by atoms with Gasteiger partial charge in [-0.1, -0.05) is 26.0 Å². The normalized spacial score (nSPS) is 13.8. The summed E-state index contributed by atoms with van der Waals surface area (Å²) in [6.45, 7) is 3.58. The molecule has 0 fully saturated rings. The van der Waals surface area contributed by atoms with Crippen LogP contribution < -0.4 is 15.8 Å². The second kappa shape index (κ2) is 8.31. The SMILES string of the molecule is COc1ccc(NC(=O)C(C(C)C)N2C(=O)c3ccccc3C2=O)cc1N.Cl. The van der Waals surface area contributed by atoms with Gasteiger partial charge in [-0.05, 0) is 36.2 Å². The molecule has 1 aliphatic rings. The molecule has 1 atom stereocenters. The first-order chi connectivity index (χ1) is 12.8. The minimum absolute atomic E-state index is 0. The zero-order valence-corrected chi connectivity index (χ0v) is 16.6. The summed E-state index contributed by atoms with van der Waals surface area (Å²) >= 11 is 0. The average molecular weight is 404 g/mol. The van der Waals surface area contributed by atoms with E-state index in [2.05, 4.69) is 5.32 Å². The van der Waals surface area contributed by atoms with Gasteiger partial charge in [-0.2, -0.15) is 0 Å². The highest BCUT2D eigenvalue weighted by Gasteiger charge is 2.43. The molecule has 0 spiro atoms. The van der Waals surface area contributed by atoms with Crippen LogP contribution in [0.15, 0.2) is 42.5 Å². The highest BCUT2D eigenvalue weighted by Crippen LogP contribution is 2.29. The number of carbonyl (C=O) groups excluding carboxylic acids is 3. The van der Waals surface area contributed by atoms with E-state index in [-0.39, 0.29) is 18.3 Å². The van der Waals surface area contributed by atoms with Gasteiger partial charge in [-0.25, -0.2) is 0 Å². The van der Waals surface area contributed by atoms with Crippen molar-refractivity contribution < 1.29 is 19.1 Å². The molecular formula is C20H22ClN3O4. The van der Waals surface area contributed by atoms with Crippen molar-refractivity contribution in [2.75, 3.05) is 18.2 Å². The number of benzene rings is 2. The minimum atomic E-state index is -0.944. The predicted molar refractivity (Wildman–Crippen MR) is 109 cm³/mol. The molecule has 3 rings (SSSR count). The number of nitrogen functional groups attached to an aromatic ring is 1. The van der Waals surface area contributed by atoms with Crippen LogP contribution in [0.5, 0.6) is 5.75 Å². The molecule has 1 heterocycles. The van der Waals surface area contributed by atoms with Crippen molar-refractivity contribution in [1.82, 2.24) is 4.90 Å². The third-order valence-corrected chi connectivity index (χ3v) is 4.50. The van der Waals surface area contributed by atoms with Crippen molar-refractivity contribution in [3.63, 3.8) is 0 Å². The van der Waals surface area contributed by atoms with Gasteiger partial charge in [-0.3, -0.25) is 19.3 Å². The molecule has 148 valence electrons. The van der Waals surface area contributed by atoms with Crippen LogP contribution in [-0.4, -0.2) is 35.8 Å². The lowest BCUT2D eigenvalue weighted by atomic mass is 10.0. The van der Waals surface area contributed by atoms with Crippen molar-refractivity contribution in [3.05, 3.63) is 53.6 Å². The van der Waals surface area contributed by atoms with E-state index in [1.54, 1.807) is 56.3 Å². The quantitative estimate of drug-likeness (QED) is 0.590. The number of rotatable bonds is 5. The highest BCUT2D eigenvalue weighted by atomic mass is 35.5. The molecule has 0 saturated heterocycles. The zero-order valence-electron chi connectivity index (χ0n) is 15.8. The molecule has 1 unspecified atom stereocenters. The molecule has 0 radical (unpaired) electrons. The van der Waals surface area contributed by atoms with Gasteiger partial charge in [0.15, 0.2) is 0 Å². The summed E-state index contributed by atoms with van der Waals surface area (Å²) in [4.78, 5) is 39.4. The van der Waals surface area contributed by atoms with Crippen LogP contribution in [0.2, 0.25) is 0 Å². The molecular weight excluding hydrogens is 382 g/mol. The second-order valence-corrected chi connectivity index (χ2v) is 6.66. The lowest BCUT2D eigenvalue weighted by Gasteiger charge is -2.28. The lowest BCUT2D eigenvalue weighted by Crippen LogP contribution is -2.50. The molecule has 0 aromatic heterocycles.